The molecule has 0 radical (unpaired) electrons. The van der Waals surface area contributed by atoms with E-state index >= 15 is 0 Å². The van der Waals surface area contributed by atoms with Crippen LogP contribution in [0.4, 0.5) is 25.1 Å². The fourth-order valence-electron chi connectivity index (χ4n) is 4.42. The Morgan fingerprint density at radius 2 is 2.13 bits per heavy atom. The van der Waals surface area contributed by atoms with Crippen LogP contribution in [0, 0.1) is 6.92 Å². The first-order valence-electron chi connectivity index (χ1n) is 10.5. The SMILES string of the molecule is COC(=O)N1CCc2c(c(N3CCCc4nc(C)c(C(F)F)cc43)nn2CCCO)C1. The summed E-state index contributed by atoms with van der Waals surface area (Å²) < 4.78 is 33.9. The highest BCUT2D eigenvalue weighted by Crippen LogP contribution is 2.39. The monoisotopic (exact) mass is 435 g/mol. The molecule has 0 aromatic carbocycles. The third-order valence-electron chi connectivity index (χ3n) is 5.96. The first-order valence-corrected chi connectivity index (χ1v) is 10.5. The molecule has 4 heterocycles. The highest BCUT2D eigenvalue weighted by atomic mass is 19.3. The highest BCUT2D eigenvalue weighted by Gasteiger charge is 2.33. The molecule has 2 aromatic heterocycles. The summed E-state index contributed by atoms with van der Waals surface area (Å²) >= 11 is 0. The van der Waals surface area contributed by atoms with Gasteiger partial charge in [0, 0.05) is 55.2 Å². The van der Waals surface area contributed by atoms with Gasteiger partial charge in [-0.25, -0.2) is 13.6 Å². The maximum atomic E-state index is 13.6. The number of halogens is 2. The van der Waals surface area contributed by atoms with Crippen molar-refractivity contribution < 1.29 is 23.4 Å². The number of anilines is 2. The van der Waals surface area contributed by atoms with Gasteiger partial charge in [-0.3, -0.25) is 9.67 Å². The minimum absolute atomic E-state index is 0.0474. The summed E-state index contributed by atoms with van der Waals surface area (Å²) in [6, 6.07) is 1.53. The van der Waals surface area contributed by atoms with E-state index in [0.29, 0.717) is 56.2 Å². The molecule has 0 spiro atoms. The number of rotatable bonds is 5. The molecule has 4 rings (SSSR count). The summed E-state index contributed by atoms with van der Waals surface area (Å²) in [4.78, 5) is 20.2. The fourth-order valence-corrected chi connectivity index (χ4v) is 4.42. The molecule has 0 fully saturated rings. The van der Waals surface area contributed by atoms with Crippen LogP contribution in [0.25, 0.3) is 0 Å². The van der Waals surface area contributed by atoms with E-state index in [9.17, 15) is 18.7 Å². The van der Waals surface area contributed by atoms with Crippen LogP contribution in [0.15, 0.2) is 6.07 Å². The number of aliphatic hydroxyl groups excluding tert-OH is 1. The zero-order valence-corrected chi connectivity index (χ0v) is 17.8. The zero-order valence-electron chi connectivity index (χ0n) is 17.8. The van der Waals surface area contributed by atoms with Gasteiger partial charge in [0.2, 0.25) is 0 Å². The van der Waals surface area contributed by atoms with Gasteiger partial charge in [-0.1, -0.05) is 0 Å². The van der Waals surface area contributed by atoms with Gasteiger partial charge in [0.1, 0.15) is 0 Å². The standard InChI is InChI=1S/C21H27F2N5O3/c1-13-14(19(22)23)11-18-16(24-13)5-3-7-27(18)20-15-12-26(21(30)31-2)9-6-17(15)28(25-20)8-4-10-29/h11,19,29H,3-10,12H2,1-2H3. The lowest BCUT2D eigenvalue weighted by Crippen LogP contribution is -2.37. The van der Waals surface area contributed by atoms with Crippen molar-refractivity contribution in [3.63, 3.8) is 0 Å². The molecule has 0 aliphatic carbocycles. The Bertz CT molecular complexity index is 978. The first-order chi connectivity index (χ1) is 14.9. The van der Waals surface area contributed by atoms with Crippen LogP contribution < -0.4 is 4.90 Å². The van der Waals surface area contributed by atoms with E-state index in [4.69, 9.17) is 9.84 Å². The lowest BCUT2D eigenvalue weighted by atomic mass is 10.0. The van der Waals surface area contributed by atoms with Crippen LogP contribution in [0.3, 0.4) is 0 Å². The Morgan fingerprint density at radius 3 is 2.84 bits per heavy atom. The van der Waals surface area contributed by atoms with Gasteiger partial charge in [-0.15, -0.1) is 0 Å². The summed E-state index contributed by atoms with van der Waals surface area (Å²) in [6.45, 7) is 3.68. The van der Waals surface area contributed by atoms with Gasteiger partial charge in [0.05, 0.1) is 25.0 Å². The van der Waals surface area contributed by atoms with Gasteiger partial charge >= 0.3 is 6.09 Å². The number of carbonyl (C=O) groups is 1. The molecule has 0 unspecified atom stereocenters. The molecule has 168 valence electrons. The van der Waals surface area contributed by atoms with Gasteiger partial charge in [0.15, 0.2) is 5.82 Å². The van der Waals surface area contributed by atoms with Crippen molar-refractivity contribution in [1.29, 1.82) is 0 Å². The normalized spacial score (nSPS) is 15.8. The number of carbonyl (C=O) groups excluding carboxylic acids is 1. The molecule has 0 saturated heterocycles. The Labute approximate surface area is 179 Å². The smallest absolute Gasteiger partial charge is 0.409 e. The average Bonchev–Trinajstić information content (AvgIpc) is 3.13. The Balaban J connectivity index is 1.79. The zero-order chi connectivity index (χ0) is 22.1. The average molecular weight is 435 g/mol. The second kappa shape index (κ2) is 8.78. The van der Waals surface area contributed by atoms with E-state index < -0.39 is 12.5 Å². The number of hydrogen-bond donors (Lipinski definition) is 1. The number of aryl methyl sites for hydroxylation is 3. The Morgan fingerprint density at radius 1 is 1.32 bits per heavy atom. The molecule has 2 aliphatic heterocycles. The van der Waals surface area contributed by atoms with Crippen LogP contribution in [0.2, 0.25) is 0 Å². The molecule has 10 heteroatoms. The summed E-state index contributed by atoms with van der Waals surface area (Å²) in [5, 5.41) is 14.1. The number of methoxy groups -OCH3 is 1. The van der Waals surface area contributed by atoms with Crippen LogP contribution in [0.1, 0.15) is 47.5 Å². The number of nitrogens with zero attached hydrogens (tertiary/aromatic N) is 5. The molecular formula is C21H27F2N5O3. The number of hydrogen-bond acceptors (Lipinski definition) is 6. The van der Waals surface area contributed by atoms with Gasteiger partial charge < -0.3 is 19.6 Å². The van der Waals surface area contributed by atoms with Crippen LogP contribution in [0.5, 0.6) is 0 Å². The second-order valence-corrected chi connectivity index (χ2v) is 7.88. The highest BCUT2D eigenvalue weighted by molar-refractivity contribution is 5.71. The van der Waals surface area contributed by atoms with E-state index in [-0.39, 0.29) is 12.2 Å². The molecule has 2 aliphatic rings. The predicted molar refractivity (Wildman–Crippen MR) is 110 cm³/mol. The van der Waals surface area contributed by atoms with Crippen LogP contribution >= 0.6 is 0 Å². The van der Waals surface area contributed by atoms with E-state index in [1.807, 2.05) is 9.58 Å². The predicted octanol–water partition coefficient (Wildman–Crippen LogP) is 3.12. The van der Waals surface area contributed by atoms with Crippen molar-refractivity contribution in [3.8, 4) is 0 Å². The van der Waals surface area contributed by atoms with Crippen molar-refractivity contribution in [2.75, 3.05) is 31.7 Å². The van der Waals surface area contributed by atoms with E-state index in [1.54, 1.807) is 11.8 Å². The third-order valence-corrected chi connectivity index (χ3v) is 5.96. The van der Waals surface area contributed by atoms with Crippen molar-refractivity contribution in [3.05, 3.63) is 34.3 Å². The number of ether oxygens (including phenoxy) is 1. The van der Waals surface area contributed by atoms with Gasteiger partial charge in [0.25, 0.3) is 6.43 Å². The molecule has 8 nitrogen and oxygen atoms in total. The Kier molecular flexibility index (Phi) is 6.08. The lowest BCUT2D eigenvalue weighted by molar-refractivity contribution is 0.118. The molecule has 2 aromatic rings. The quantitative estimate of drug-likeness (QED) is 0.777. The summed E-state index contributed by atoms with van der Waals surface area (Å²) in [5.74, 6) is 0.661. The van der Waals surface area contributed by atoms with Crippen molar-refractivity contribution >= 4 is 17.6 Å². The van der Waals surface area contributed by atoms with Crippen molar-refractivity contribution in [2.24, 2.45) is 0 Å². The summed E-state index contributed by atoms with van der Waals surface area (Å²) in [5.41, 5.74) is 3.61. The first kappa shape index (κ1) is 21.5. The lowest BCUT2D eigenvalue weighted by Gasteiger charge is -2.32. The van der Waals surface area contributed by atoms with Crippen molar-refractivity contribution in [2.45, 2.75) is 52.1 Å². The molecule has 1 amide bonds. The van der Waals surface area contributed by atoms with Gasteiger partial charge in [-0.2, -0.15) is 5.10 Å². The molecule has 1 N–H and O–H groups in total. The number of amides is 1. The molecule has 0 saturated carbocycles. The van der Waals surface area contributed by atoms with Crippen LogP contribution in [-0.4, -0.2) is 57.7 Å². The summed E-state index contributed by atoms with van der Waals surface area (Å²) in [7, 11) is 1.35. The number of fused-ring (bicyclic) bond motifs is 2. The van der Waals surface area contributed by atoms with E-state index in [1.165, 1.54) is 13.2 Å². The third kappa shape index (κ3) is 3.96. The number of alkyl halides is 2. The number of aromatic nitrogens is 3. The fraction of sp³-hybridized carbons (Fsp3) is 0.571. The maximum absolute atomic E-state index is 13.6. The molecule has 0 bridgehead atoms. The molecule has 0 atom stereocenters. The topological polar surface area (TPSA) is 83.7 Å². The largest absolute Gasteiger partial charge is 0.453 e. The van der Waals surface area contributed by atoms with E-state index in [0.717, 1.165) is 29.8 Å². The molecule has 31 heavy (non-hydrogen) atoms. The van der Waals surface area contributed by atoms with Gasteiger partial charge in [-0.05, 0) is 32.3 Å². The number of pyridine rings is 1. The Hall–Kier alpha value is -2.75. The number of aliphatic hydroxyl groups is 1. The van der Waals surface area contributed by atoms with E-state index in [2.05, 4.69) is 4.98 Å². The second-order valence-electron chi connectivity index (χ2n) is 7.88. The van der Waals surface area contributed by atoms with Crippen molar-refractivity contribution in [1.82, 2.24) is 19.7 Å². The minimum Gasteiger partial charge on any atom is -0.453 e. The minimum atomic E-state index is -2.60. The van der Waals surface area contributed by atoms with Crippen LogP contribution in [-0.2, 0) is 30.7 Å². The summed E-state index contributed by atoms with van der Waals surface area (Å²) in [6.07, 6.45) is -0.299. The molecular weight excluding hydrogens is 408 g/mol. The maximum Gasteiger partial charge on any atom is 0.409 e.